The Morgan fingerprint density at radius 3 is 2.56 bits per heavy atom. The molecule has 88 valence electrons. The van der Waals surface area contributed by atoms with Crippen molar-refractivity contribution < 1.29 is 0 Å². The Balaban J connectivity index is 2.40. The van der Waals surface area contributed by atoms with Gasteiger partial charge in [-0.05, 0) is 42.7 Å². The maximum Gasteiger partial charge on any atom is 0.0440 e. The summed E-state index contributed by atoms with van der Waals surface area (Å²) >= 11 is 0. The van der Waals surface area contributed by atoms with Crippen molar-refractivity contribution in [3.63, 3.8) is 0 Å². The molecule has 0 amide bonds. The number of hydrogen-bond acceptors (Lipinski definition) is 1. The minimum Gasteiger partial charge on any atom is -0.321 e. The average Bonchev–Trinajstić information content (AvgIpc) is 2.24. The molecule has 1 aromatic carbocycles. The number of hydrogen-bond donors (Lipinski definition) is 1. The summed E-state index contributed by atoms with van der Waals surface area (Å²) in [5.74, 6) is 1.34. The molecule has 1 aliphatic carbocycles. The lowest BCUT2D eigenvalue weighted by Gasteiger charge is -2.43. The predicted octanol–water partition coefficient (Wildman–Crippen LogP) is 3.61. The van der Waals surface area contributed by atoms with Gasteiger partial charge in [0, 0.05) is 5.54 Å². The quantitative estimate of drug-likeness (QED) is 0.764. The van der Waals surface area contributed by atoms with Crippen LogP contribution < -0.4 is 5.73 Å². The van der Waals surface area contributed by atoms with Gasteiger partial charge in [-0.3, -0.25) is 0 Å². The van der Waals surface area contributed by atoms with Crippen LogP contribution in [-0.4, -0.2) is 0 Å². The van der Waals surface area contributed by atoms with Gasteiger partial charge in [0.15, 0.2) is 0 Å². The van der Waals surface area contributed by atoms with Crippen LogP contribution in [0.1, 0.15) is 44.2 Å². The van der Waals surface area contributed by atoms with Crippen LogP contribution in [0.3, 0.4) is 0 Å². The van der Waals surface area contributed by atoms with Gasteiger partial charge in [0.05, 0.1) is 0 Å². The molecule has 0 spiro atoms. The lowest BCUT2D eigenvalue weighted by Crippen LogP contribution is -2.47. The molecule has 1 aliphatic rings. The molecule has 0 heterocycles. The SMILES string of the molecule is Cc1ccccc1C1(N)CC(C)CCC1C. The number of rotatable bonds is 1. The van der Waals surface area contributed by atoms with Gasteiger partial charge in [0.2, 0.25) is 0 Å². The molecule has 3 unspecified atom stereocenters. The summed E-state index contributed by atoms with van der Waals surface area (Å²) in [6.07, 6.45) is 3.71. The predicted molar refractivity (Wildman–Crippen MR) is 69.2 cm³/mol. The summed E-state index contributed by atoms with van der Waals surface area (Å²) in [5, 5.41) is 0. The van der Waals surface area contributed by atoms with E-state index in [9.17, 15) is 0 Å². The Bertz CT molecular complexity index is 371. The molecule has 0 aromatic heterocycles. The fourth-order valence-corrected chi connectivity index (χ4v) is 3.14. The number of benzene rings is 1. The van der Waals surface area contributed by atoms with Gasteiger partial charge in [-0.15, -0.1) is 0 Å². The summed E-state index contributed by atoms with van der Waals surface area (Å²) in [6.45, 7) is 6.81. The summed E-state index contributed by atoms with van der Waals surface area (Å²) in [4.78, 5) is 0. The zero-order valence-corrected chi connectivity index (χ0v) is 10.7. The van der Waals surface area contributed by atoms with E-state index in [1.54, 1.807) is 0 Å². The molecule has 0 radical (unpaired) electrons. The molecule has 0 bridgehead atoms. The van der Waals surface area contributed by atoms with Crippen LogP contribution in [0.2, 0.25) is 0 Å². The van der Waals surface area contributed by atoms with Gasteiger partial charge in [-0.1, -0.05) is 44.5 Å². The first-order valence-electron chi connectivity index (χ1n) is 6.39. The minimum atomic E-state index is -0.108. The summed E-state index contributed by atoms with van der Waals surface area (Å²) < 4.78 is 0. The molecule has 16 heavy (non-hydrogen) atoms. The zero-order valence-electron chi connectivity index (χ0n) is 10.7. The average molecular weight is 217 g/mol. The van der Waals surface area contributed by atoms with E-state index in [-0.39, 0.29) is 5.54 Å². The Morgan fingerprint density at radius 1 is 1.19 bits per heavy atom. The van der Waals surface area contributed by atoms with E-state index in [0.29, 0.717) is 5.92 Å². The van der Waals surface area contributed by atoms with E-state index < -0.39 is 0 Å². The Hall–Kier alpha value is -0.820. The number of aryl methyl sites for hydroxylation is 1. The van der Waals surface area contributed by atoms with E-state index in [4.69, 9.17) is 5.73 Å². The van der Waals surface area contributed by atoms with Crippen molar-refractivity contribution in [3.05, 3.63) is 35.4 Å². The minimum absolute atomic E-state index is 0.108. The first-order valence-corrected chi connectivity index (χ1v) is 6.39. The van der Waals surface area contributed by atoms with Crippen molar-refractivity contribution in [1.82, 2.24) is 0 Å². The van der Waals surface area contributed by atoms with Gasteiger partial charge in [0.25, 0.3) is 0 Å². The third-order valence-electron chi connectivity index (χ3n) is 4.30. The highest BCUT2D eigenvalue weighted by Crippen LogP contribution is 2.42. The molecule has 1 heteroatoms. The molecule has 1 nitrogen and oxygen atoms in total. The van der Waals surface area contributed by atoms with E-state index in [1.807, 2.05) is 0 Å². The van der Waals surface area contributed by atoms with Crippen LogP contribution in [-0.2, 0) is 5.54 Å². The standard InChI is InChI=1S/C15H23N/c1-11-8-9-13(3)15(16,10-11)14-7-5-4-6-12(14)2/h4-7,11,13H,8-10,16H2,1-3H3. The van der Waals surface area contributed by atoms with Crippen LogP contribution in [0.25, 0.3) is 0 Å². The van der Waals surface area contributed by atoms with Gasteiger partial charge in [0.1, 0.15) is 0 Å². The summed E-state index contributed by atoms with van der Waals surface area (Å²) in [5.41, 5.74) is 9.30. The van der Waals surface area contributed by atoms with Gasteiger partial charge < -0.3 is 5.73 Å². The molecule has 0 aliphatic heterocycles. The van der Waals surface area contributed by atoms with Crippen LogP contribution in [0.5, 0.6) is 0 Å². The highest BCUT2D eigenvalue weighted by Gasteiger charge is 2.39. The Kier molecular flexibility index (Phi) is 3.07. The first kappa shape index (κ1) is 11.7. The highest BCUT2D eigenvalue weighted by molar-refractivity contribution is 5.33. The van der Waals surface area contributed by atoms with Gasteiger partial charge >= 0.3 is 0 Å². The molecule has 1 saturated carbocycles. The van der Waals surface area contributed by atoms with Crippen molar-refractivity contribution in [3.8, 4) is 0 Å². The molecule has 1 fully saturated rings. The zero-order chi connectivity index (χ0) is 11.8. The maximum absolute atomic E-state index is 6.72. The Labute approximate surface area is 99.0 Å². The smallest absolute Gasteiger partial charge is 0.0440 e. The molecular weight excluding hydrogens is 194 g/mol. The molecule has 2 rings (SSSR count). The topological polar surface area (TPSA) is 26.0 Å². The molecule has 0 saturated heterocycles. The van der Waals surface area contributed by atoms with Crippen LogP contribution >= 0.6 is 0 Å². The third-order valence-corrected chi connectivity index (χ3v) is 4.30. The van der Waals surface area contributed by atoms with E-state index in [2.05, 4.69) is 45.0 Å². The molecule has 2 N–H and O–H groups in total. The van der Waals surface area contributed by atoms with Crippen molar-refractivity contribution in [2.45, 2.75) is 45.6 Å². The van der Waals surface area contributed by atoms with Crippen molar-refractivity contribution in [2.24, 2.45) is 17.6 Å². The summed E-state index contributed by atoms with van der Waals surface area (Å²) in [7, 11) is 0. The lowest BCUT2D eigenvalue weighted by atomic mass is 9.66. The molecule has 3 atom stereocenters. The highest BCUT2D eigenvalue weighted by atomic mass is 14.8. The van der Waals surface area contributed by atoms with Crippen LogP contribution in [0.15, 0.2) is 24.3 Å². The molecular formula is C15H23N. The Morgan fingerprint density at radius 2 is 1.88 bits per heavy atom. The number of nitrogens with two attached hydrogens (primary N) is 1. The maximum atomic E-state index is 6.72. The van der Waals surface area contributed by atoms with Crippen molar-refractivity contribution in [2.75, 3.05) is 0 Å². The summed E-state index contributed by atoms with van der Waals surface area (Å²) in [6, 6.07) is 8.60. The monoisotopic (exact) mass is 217 g/mol. The second kappa shape index (κ2) is 4.21. The van der Waals surface area contributed by atoms with Crippen LogP contribution in [0, 0.1) is 18.8 Å². The second-order valence-corrected chi connectivity index (χ2v) is 5.64. The molecule has 1 aromatic rings. The van der Waals surface area contributed by atoms with Crippen LogP contribution in [0.4, 0.5) is 0 Å². The van der Waals surface area contributed by atoms with Crippen molar-refractivity contribution in [1.29, 1.82) is 0 Å². The van der Waals surface area contributed by atoms with Gasteiger partial charge in [-0.2, -0.15) is 0 Å². The lowest BCUT2D eigenvalue weighted by molar-refractivity contribution is 0.161. The van der Waals surface area contributed by atoms with Crippen molar-refractivity contribution >= 4 is 0 Å². The van der Waals surface area contributed by atoms with E-state index in [1.165, 1.54) is 24.0 Å². The van der Waals surface area contributed by atoms with Gasteiger partial charge in [-0.25, -0.2) is 0 Å². The largest absolute Gasteiger partial charge is 0.321 e. The first-order chi connectivity index (χ1) is 7.54. The second-order valence-electron chi connectivity index (χ2n) is 5.64. The third kappa shape index (κ3) is 1.89. The van der Waals surface area contributed by atoms with E-state index >= 15 is 0 Å². The fourth-order valence-electron chi connectivity index (χ4n) is 3.14. The fraction of sp³-hybridized carbons (Fsp3) is 0.600. The normalized spacial score (nSPS) is 35.0. The van der Waals surface area contributed by atoms with E-state index in [0.717, 1.165) is 12.3 Å².